The highest BCUT2D eigenvalue weighted by molar-refractivity contribution is 9.10. The van der Waals surface area contributed by atoms with E-state index in [4.69, 9.17) is 4.74 Å². The third-order valence-electron chi connectivity index (χ3n) is 3.07. The molecule has 0 aromatic heterocycles. The van der Waals surface area contributed by atoms with Crippen LogP contribution in [-0.2, 0) is 0 Å². The highest BCUT2D eigenvalue weighted by Gasteiger charge is 2.11. The van der Waals surface area contributed by atoms with Crippen molar-refractivity contribution in [3.05, 3.63) is 56.7 Å². The first-order chi connectivity index (χ1) is 10.0. The van der Waals surface area contributed by atoms with Gasteiger partial charge >= 0.3 is 0 Å². The molecule has 2 nitrogen and oxygen atoms in total. The van der Waals surface area contributed by atoms with Gasteiger partial charge in [-0.15, -0.1) is 0 Å². The van der Waals surface area contributed by atoms with E-state index >= 15 is 0 Å². The molecule has 0 aliphatic carbocycles. The zero-order chi connectivity index (χ0) is 15.4. The van der Waals surface area contributed by atoms with Crippen LogP contribution in [0.15, 0.2) is 45.3 Å². The van der Waals surface area contributed by atoms with Gasteiger partial charge in [0.05, 0.1) is 0 Å². The van der Waals surface area contributed by atoms with Crippen LogP contribution < -0.4 is 10.1 Å². The Morgan fingerprint density at radius 1 is 1.19 bits per heavy atom. The van der Waals surface area contributed by atoms with Gasteiger partial charge in [-0.3, -0.25) is 0 Å². The second kappa shape index (κ2) is 7.38. The largest absolute Gasteiger partial charge is 0.454 e. The molecule has 5 heteroatoms. The first-order valence-electron chi connectivity index (χ1n) is 6.67. The van der Waals surface area contributed by atoms with E-state index in [2.05, 4.69) is 51.0 Å². The summed E-state index contributed by atoms with van der Waals surface area (Å²) >= 11 is 6.76. The van der Waals surface area contributed by atoms with Crippen molar-refractivity contribution >= 4 is 31.9 Å². The summed E-state index contributed by atoms with van der Waals surface area (Å²) in [6.07, 6.45) is 0. The van der Waals surface area contributed by atoms with Crippen molar-refractivity contribution in [2.75, 3.05) is 6.54 Å². The average molecular weight is 417 g/mol. The van der Waals surface area contributed by atoms with Crippen LogP contribution in [0.2, 0.25) is 0 Å². The van der Waals surface area contributed by atoms with Gasteiger partial charge in [-0.1, -0.05) is 44.8 Å². The molecule has 2 aromatic carbocycles. The van der Waals surface area contributed by atoms with Gasteiger partial charge in [-0.05, 0) is 49.4 Å². The van der Waals surface area contributed by atoms with Gasteiger partial charge in [0, 0.05) is 15.0 Å². The smallest absolute Gasteiger partial charge is 0.166 e. The Morgan fingerprint density at radius 3 is 2.57 bits per heavy atom. The van der Waals surface area contributed by atoms with E-state index in [1.807, 2.05) is 18.2 Å². The van der Waals surface area contributed by atoms with Crippen molar-refractivity contribution in [1.29, 1.82) is 0 Å². The standard InChI is InChI=1S/C16H16Br2FNO/c1-3-20-10(2)13-6-5-12(9-14(13)18)21-16-7-4-11(17)8-15(16)19/h4-10,20H,3H2,1-2H3. The molecule has 0 saturated heterocycles. The number of nitrogens with one attached hydrogen (secondary N) is 1. The van der Waals surface area contributed by atoms with Crippen molar-refractivity contribution < 1.29 is 9.13 Å². The molecule has 2 aromatic rings. The van der Waals surface area contributed by atoms with E-state index in [9.17, 15) is 4.39 Å². The predicted molar refractivity (Wildman–Crippen MR) is 90.4 cm³/mol. The molecule has 0 radical (unpaired) electrons. The third kappa shape index (κ3) is 4.28. The van der Waals surface area contributed by atoms with E-state index in [1.54, 1.807) is 12.1 Å². The molecule has 0 bridgehead atoms. The molecule has 0 aliphatic heterocycles. The lowest BCUT2D eigenvalue weighted by atomic mass is 10.1. The lowest BCUT2D eigenvalue weighted by Crippen LogP contribution is -2.17. The zero-order valence-electron chi connectivity index (χ0n) is 11.8. The predicted octanol–water partition coefficient (Wildman–Crippen LogP) is 5.81. The van der Waals surface area contributed by atoms with Gasteiger partial charge < -0.3 is 10.1 Å². The maximum atomic E-state index is 13.8. The number of halogens is 3. The molecule has 2 rings (SSSR count). The fourth-order valence-corrected chi connectivity index (χ4v) is 3.06. The summed E-state index contributed by atoms with van der Waals surface area (Å²) in [5.74, 6) is 0.402. The van der Waals surface area contributed by atoms with Crippen LogP contribution in [0, 0.1) is 5.82 Å². The van der Waals surface area contributed by atoms with Crippen LogP contribution in [0.3, 0.4) is 0 Å². The highest BCUT2D eigenvalue weighted by Crippen LogP contribution is 2.31. The Balaban J connectivity index is 2.20. The molecule has 0 fully saturated rings. The molecule has 0 spiro atoms. The molecule has 1 N–H and O–H groups in total. The maximum absolute atomic E-state index is 13.8. The minimum absolute atomic E-state index is 0.206. The van der Waals surface area contributed by atoms with Gasteiger partial charge in [0.2, 0.25) is 0 Å². The number of hydrogen-bond donors (Lipinski definition) is 1. The van der Waals surface area contributed by atoms with E-state index in [1.165, 1.54) is 6.07 Å². The lowest BCUT2D eigenvalue weighted by molar-refractivity contribution is 0.441. The molecule has 21 heavy (non-hydrogen) atoms. The lowest BCUT2D eigenvalue weighted by Gasteiger charge is -2.16. The molecular formula is C16H16Br2FNO. The van der Waals surface area contributed by atoms with E-state index in [0.29, 0.717) is 10.2 Å². The minimum atomic E-state index is -0.398. The Labute approximate surface area is 141 Å². The van der Waals surface area contributed by atoms with E-state index in [-0.39, 0.29) is 11.8 Å². The fraction of sp³-hybridized carbons (Fsp3) is 0.250. The van der Waals surface area contributed by atoms with Gasteiger partial charge in [0.15, 0.2) is 11.6 Å². The first kappa shape index (κ1) is 16.5. The van der Waals surface area contributed by atoms with Crippen molar-refractivity contribution in [2.24, 2.45) is 0 Å². The summed E-state index contributed by atoms with van der Waals surface area (Å²) in [5.41, 5.74) is 1.14. The SMILES string of the molecule is CCNC(C)c1ccc(Oc2ccc(Br)cc2F)cc1Br. The summed E-state index contributed by atoms with van der Waals surface area (Å²) in [6, 6.07) is 10.6. The Bertz CT molecular complexity index is 634. The monoisotopic (exact) mass is 415 g/mol. The first-order valence-corrected chi connectivity index (χ1v) is 8.25. The van der Waals surface area contributed by atoms with Gasteiger partial charge in [-0.2, -0.15) is 0 Å². The summed E-state index contributed by atoms with van der Waals surface area (Å²) in [7, 11) is 0. The number of rotatable bonds is 5. The number of benzene rings is 2. The fourth-order valence-electron chi connectivity index (χ4n) is 2.02. The van der Waals surface area contributed by atoms with E-state index < -0.39 is 5.82 Å². The van der Waals surface area contributed by atoms with E-state index in [0.717, 1.165) is 16.6 Å². The second-order valence-electron chi connectivity index (χ2n) is 4.64. The summed E-state index contributed by atoms with van der Waals surface area (Å²) in [4.78, 5) is 0. The normalized spacial score (nSPS) is 12.2. The molecule has 1 unspecified atom stereocenters. The number of ether oxygens (including phenoxy) is 1. The van der Waals surface area contributed by atoms with Gasteiger partial charge in [-0.25, -0.2) is 4.39 Å². The minimum Gasteiger partial charge on any atom is -0.454 e. The topological polar surface area (TPSA) is 21.3 Å². The second-order valence-corrected chi connectivity index (χ2v) is 6.41. The quantitative estimate of drug-likeness (QED) is 0.663. The summed E-state index contributed by atoms with van der Waals surface area (Å²) in [6.45, 7) is 5.06. The molecule has 0 amide bonds. The van der Waals surface area contributed by atoms with Crippen molar-refractivity contribution in [3.8, 4) is 11.5 Å². The van der Waals surface area contributed by atoms with Crippen molar-refractivity contribution in [2.45, 2.75) is 19.9 Å². The highest BCUT2D eigenvalue weighted by atomic mass is 79.9. The Hall–Kier alpha value is -0.910. The van der Waals surface area contributed by atoms with Crippen LogP contribution >= 0.6 is 31.9 Å². The molecule has 112 valence electrons. The van der Waals surface area contributed by atoms with Gasteiger partial charge in [0.1, 0.15) is 5.75 Å². The zero-order valence-corrected chi connectivity index (χ0v) is 15.0. The Kier molecular flexibility index (Phi) is 5.79. The average Bonchev–Trinajstić information content (AvgIpc) is 2.42. The molecular weight excluding hydrogens is 401 g/mol. The molecule has 0 aliphatic rings. The van der Waals surface area contributed by atoms with Crippen LogP contribution in [0.4, 0.5) is 4.39 Å². The maximum Gasteiger partial charge on any atom is 0.166 e. The van der Waals surface area contributed by atoms with Gasteiger partial charge in [0.25, 0.3) is 0 Å². The molecule has 1 atom stereocenters. The summed E-state index contributed by atoms with van der Waals surface area (Å²) in [5, 5.41) is 3.35. The summed E-state index contributed by atoms with van der Waals surface area (Å²) < 4.78 is 21.0. The van der Waals surface area contributed by atoms with Crippen LogP contribution in [0.5, 0.6) is 11.5 Å². The van der Waals surface area contributed by atoms with Crippen molar-refractivity contribution in [1.82, 2.24) is 5.32 Å². The molecule has 0 saturated carbocycles. The van der Waals surface area contributed by atoms with Crippen LogP contribution in [0.25, 0.3) is 0 Å². The number of hydrogen-bond acceptors (Lipinski definition) is 2. The van der Waals surface area contributed by atoms with Crippen molar-refractivity contribution in [3.63, 3.8) is 0 Å². The molecule has 0 heterocycles. The van der Waals surface area contributed by atoms with Crippen LogP contribution in [0.1, 0.15) is 25.5 Å². The van der Waals surface area contributed by atoms with Crippen LogP contribution in [-0.4, -0.2) is 6.54 Å². The third-order valence-corrected chi connectivity index (χ3v) is 4.25. The Morgan fingerprint density at radius 2 is 1.95 bits per heavy atom.